The molecular weight excluding hydrogens is 785 g/mol. The smallest absolute Gasteiger partial charge is 0.209 e. The molecule has 0 saturated heterocycles. The summed E-state index contributed by atoms with van der Waals surface area (Å²) >= 11 is 0. The second kappa shape index (κ2) is 26.7. The summed E-state index contributed by atoms with van der Waals surface area (Å²) < 4.78 is 101. The van der Waals surface area contributed by atoms with Crippen LogP contribution < -0.4 is 10.3 Å². The molecule has 0 spiro atoms. The van der Waals surface area contributed by atoms with Crippen molar-refractivity contribution in [3.05, 3.63) is 0 Å². The molecule has 0 saturated carbocycles. The van der Waals surface area contributed by atoms with E-state index in [1.807, 2.05) is 13.8 Å². The Bertz CT molecular complexity index is 1460. The predicted molar refractivity (Wildman–Crippen MR) is 231 cm³/mol. The third-order valence-electron chi connectivity index (χ3n) is 9.94. The van der Waals surface area contributed by atoms with Crippen LogP contribution in [0.15, 0.2) is 0 Å². The monoisotopic (exact) mass is 869 g/mol. The maximum atomic E-state index is 11.4. The van der Waals surface area contributed by atoms with E-state index in [4.69, 9.17) is 19.8 Å². The van der Waals surface area contributed by atoms with Crippen LogP contribution in [-0.4, -0.2) is 95.6 Å². The van der Waals surface area contributed by atoms with Gasteiger partial charge in [0.25, 0.3) is 0 Å². The minimum absolute atomic E-state index is 0.0535. The van der Waals surface area contributed by atoms with Crippen molar-refractivity contribution >= 4 is 39.7 Å². The molecule has 0 rings (SSSR count). The molecule has 0 bridgehead atoms. The van der Waals surface area contributed by atoms with Crippen LogP contribution >= 0.6 is 0 Å². The summed E-state index contributed by atoms with van der Waals surface area (Å²) in [6, 6.07) is 0. The molecule has 0 unspecified atom stereocenters. The van der Waals surface area contributed by atoms with Crippen molar-refractivity contribution in [3.8, 4) is 0 Å². The van der Waals surface area contributed by atoms with Gasteiger partial charge in [-0.15, -0.1) is 0 Å². The molecule has 334 valence electrons. The zero-order chi connectivity index (χ0) is 43.1. The van der Waals surface area contributed by atoms with Crippen molar-refractivity contribution in [1.82, 2.24) is 0 Å². The number of sulfone groups is 2. The van der Waals surface area contributed by atoms with Gasteiger partial charge in [-0.2, -0.15) is 0 Å². The van der Waals surface area contributed by atoms with E-state index in [1.165, 1.54) is 12.5 Å². The molecule has 0 radical (unpaired) electrons. The van der Waals surface area contributed by atoms with Crippen molar-refractivity contribution in [2.75, 3.05) is 62.0 Å². The topological polar surface area (TPSA) is 207 Å². The molecule has 4 N–H and O–H groups in total. The molecule has 0 heterocycles. The van der Waals surface area contributed by atoms with E-state index < -0.39 is 39.7 Å². The largest absolute Gasteiger partial charge is 0.381 e. The molecular formula is C39H84N2O10S4. The van der Waals surface area contributed by atoms with Gasteiger partial charge in [-0.25, -0.2) is 43.9 Å². The SMILES string of the molecule is CC(C)(CCCCOCCCCC(C)(C)CCS(C)(=O)=O)CCCS(N)(=O)=O.CC(C)(CCCCOCCCCC(C)(C)CS(C)(=O)=O)CCCS(N)(=O)=O. The lowest BCUT2D eigenvalue weighted by Gasteiger charge is -2.24. The van der Waals surface area contributed by atoms with Gasteiger partial charge in [0, 0.05) is 38.9 Å². The first-order valence-electron chi connectivity index (χ1n) is 20.3. The van der Waals surface area contributed by atoms with Gasteiger partial charge in [0.2, 0.25) is 20.0 Å². The van der Waals surface area contributed by atoms with Crippen LogP contribution in [0.4, 0.5) is 0 Å². The van der Waals surface area contributed by atoms with Crippen LogP contribution in [0, 0.1) is 21.7 Å². The van der Waals surface area contributed by atoms with Crippen molar-refractivity contribution in [1.29, 1.82) is 0 Å². The van der Waals surface area contributed by atoms with Crippen molar-refractivity contribution in [2.24, 2.45) is 31.9 Å². The van der Waals surface area contributed by atoms with E-state index in [1.54, 1.807) is 0 Å². The van der Waals surface area contributed by atoms with Crippen LogP contribution in [-0.2, 0) is 49.2 Å². The highest BCUT2D eigenvalue weighted by atomic mass is 32.2. The van der Waals surface area contributed by atoms with Crippen molar-refractivity contribution in [2.45, 2.75) is 165 Å². The Labute approximate surface area is 339 Å². The second-order valence-corrected chi connectivity index (χ2v) is 27.0. The van der Waals surface area contributed by atoms with Gasteiger partial charge in [-0.05, 0) is 105 Å². The summed E-state index contributed by atoms with van der Waals surface area (Å²) in [7, 11) is -12.5. The summed E-state index contributed by atoms with van der Waals surface area (Å²) in [5, 5.41) is 10.1. The average Bonchev–Trinajstić information content (AvgIpc) is 2.95. The lowest BCUT2D eigenvalue weighted by Crippen LogP contribution is -2.23. The first-order valence-corrected chi connectivity index (χ1v) is 27.8. The van der Waals surface area contributed by atoms with E-state index in [-0.39, 0.29) is 44.7 Å². The molecule has 55 heavy (non-hydrogen) atoms. The minimum atomic E-state index is -3.36. The molecule has 0 aromatic heterocycles. The first-order chi connectivity index (χ1) is 24.7. The Morgan fingerprint density at radius 1 is 0.364 bits per heavy atom. The summed E-state index contributed by atoms with van der Waals surface area (Å²) in [5.41, 5.74) is 0.123. The summed E-state index contributed by atoms with van der Waals surface area (Å²) in [6.45, 7) is 19.9. The Morgan fingerprint density at radius 2 is 0.636 bits per heavy atom. The van der Waals surface area contributed by atoms with E-state index in [0.29, 0.717) is 25.9 Å². The van der Waals surface area contributed by atoms with Gasteiger partial charge in [0.05, 0.1) is 23.0 Å². The average molecular weight is 869 g/mol. The van der Waals surface area contributed by atoms with Gasteiger partial charge >= 0.3 is 0 Å². The number of rotatable bonds is 33. The number of unbranched alkanes of at least 4 members (excludes halogenated alkanes) is 4. The van der Waals surface area contributed by atoms with E-state index >= 15 is 0 Å². The van der Waals surface area contributed by atoms with Crippen LogP contribution in [0.25, 0.3) is 0 Å². The van der Waals surface area contributed by atoms with Crippen LogP contribution in [0.5, 0.6) is 0 Å². The van der Waals surface area contributed by atoms with E-state index in [9.17, 15) is 33.7 Å². The zero-order valence-corrected chi connectivity index (χ0v) is 39.8. The number of ether oxygens (including phenoxy) is 2. The number of hydrogen-bond donors (Lipinski definition) is 2. The molecule has 0 aliphatic heterocycles. The van der Waals surface area contributed by atoms with E-state index in [2.05, 4.69) is 41.5 Å². The van der Waals surface area contributed by atoms with Crippen molar-refractivity contribution < 1.29 is 43.1 Å². The summed E-state index contributed by atoms with van der Waals surface area (Å²) in [4.78, 5) is 0. The Balaban J connectivity index is 0. The van der Waals surface area contributed by atoms with Crippen LogP contribution in [0.1, 0.15) is 165 Å². The predicted octanol–water partition coefficient (Wildman–Crippen LogP) is 7.41. The fraction of sp³-hybridized carbons (Fsp3) is 1.00. The molecule has 0 aliphatic rings. The maximum Gasteiger partial charge on any atom is 0.209 e. The molecule has 0 atom stereocenters. The fourth-order valence-electron chi connectivity index (χ4n) is 6.56. The third-order valence-corrected chi connectivity index (χ3v) is 13.9. The highest BCUT2D eigenvalue weighted by Gasteiger charge is 2.23. The molecule has 12 nitrogen and oxygen atoms in total. The standard InChI is InChI=1S/C20H43NO5S2.C19H41NO5S2/c1-19(2,13-10-17-28(21,24)25)11-6-8-15-26-16-9-7-12-20(3,4)14-18-27(5,22)23;1-18(2,13-10-16-27(20,23)24)11-6-8-14-25-15-9-7-12-19(3,4)17-26(5,21)22/h6-18H2,1-5H3,(H2,21,24,25);6-17H2,1-5H3,(H2,20,23,24). The second-order valence-electron chi connectivity index (χ2n) is 19.1. The number of primary sulfonamides is 2. The highest BCUT2D eigenvalue weighted by molar-refractivity contribution is 7.91. The van der Waals surface area contributed by atoms with Crippen molar-refractivity contribution in [3.63, 3.8) is 0 Å². The first kappa shape index (κ1) is 56.7. The molecule has 16 heteroatoms. The van der Waals surface area contributed by atoms with E-state index in [0.717, 1.165) is 110 Å². The highest BCUT2D eigenvalue weighted by Crippen LogP contribution is 2.31. The van der Waals surface area contributed by atoms with Gasteiger partial charge in [-0.1, -0.05) is 81.1 Å². The van der Waals surface area contributed by atoms with Gasteiger partial charge in [0.1, 0.15) is 19.7 Å². The number of nitrogens with two attached hydrogens (primary N) is 2. The van der Waals surface area contributed by atoms with Gasteiger partial charge in [0.15, 0.2) is 0 Å². The number of hydrogen-bond acceptors (Lipinski definition) is 10. The zero-order valence-electron chi connectivity index (χ0n) is 36.5. The third kappa shape index (κ3) is 44.6. The molecule has 0 amide bonds. The quantitative estimate of drug-likeness (QED) is 0.0625. The fourth-order valence-corrected chi connectivity index (χ4v) is 10.1. The van der Waals surface area contributed by atoms with Crippen LogP contribution in [0.2, 0.25) is 0 Å². The lowest BCUT2D eigenvalue weighted by molar-refractivity contribution is 0.120. The maximum absolute atomic E-state index is 11.4. The summed E-state index contributed by atoms with van der Waals surface area (Å²) in [5.74, 6) is 0.605. The van der Waals surface area contributed by atoms with Crippen LogP contribution in [0.3, 0.4) is 0 Å². The summed E-state index contributed by atoms with van der Waals surface area (Å²) in [6.07, 6.45) is 18.3. The minimum Gasteiger partial charge on any atom is -0.381 e. The molecule has 0 aliphatic carbocycles. The number of sulfonamides is 2. The van der Waals surface area contributed by atoms with Gasteiger partial charge < -0.3 is 9.47 Å². The molecule has 0 aromatic carbocycles. The Hall–Kier alpha value is -0.360. The Morgan fingerprint density at radius 3 is 0.909 bits per heavy atom. The van der Waals surface area contributed by atoms with Gasteiger partial charge in [-0.3, -0.25) is 0 Å². The Kier molecular flexibility index (Phi) is 27.5. The normalized spacial score (nSPS) is 13.8. The molecule has 0 fully saturated rings. The lowest BCUT2D eigenvalue weighted by atomic mass is 9.83. The molecule has 0 aromatic rings.